The molecule has 0 bridgehead atoms. The quantitative estimate of drug-likeness (QED) is 0.320. The maximum Gasteiger partial charge on any atom is 0.305 e. The smallest absolute Gasteiger partial charge is 0.305 e. The van der Waals surface area contributed by atoms with Gasteiger partial charge in [0.2, 0.25) is 0 Å². The molecule has 1 fully saturated rings. The van der Waals surface area contributed by atoms with E-state index in [-0.39, 0.29) is 18.0 Å². The van der Waals surface area contributed by atoms with Gasteiger partial charge < -0.3 is 19.7 Å². The Morgan fingerprint density at radius 1 is 1.32 bits per heavy atom. The van der Waals surface area contributed by atoms with E-state index in [9.17, 15) is 15.0 Å². The molecule has 0 radical (unpaired) electrons. The van der Waals surface area contributed by atoms with Crippen LogP contribution in [-0.2, 0) is 14.3 Å². The number of esters is 1. The molecule has 0 aromatic carbocycles. The first kappa shape index (κ1) is 21.9. The van der Waals surface area contributed by atoms with Gasteiger partial charge in [-0.3, -0.25) is 4.79 Å². The molecule has 25 heavy (non-hydrogen) atoms. The normalized spacial score (nSPS) is 25.0. The Morgan fingerprint density at radius 2 is 2.12 bits per heavy atom. The summed E-state index contributed by atoms with van der Waals surface area (Å²) in [5.41, 5.74) is 0. The van der Waals surface area contributed by atoms with Crippen LogP contribution in [0.1, 0.15) is 58.3 Å². The van der Waals surface area contributed by atoms with E-state index in [2.05, 4.69) is 11.7 Å². The maximum atomic E-state index is 11.0. The van der Waals surface area contributed by atoms with Crippen molar-refractivity contribution >= 4 is 5.97 Å². The van der Waals surface area contributed by atoms with Crippen molar-refractivity contribution in [2.45, 2.75) is 76.6 Å². The molecule has 1 rings (SSSR count). The third-order valence-electron chi connectivity index (χ3n) is 4.56. The van der Waals surface area contributed by atoms with Crippen LogP contribution in [0.5, 0.6) is 0 Å². The molecule has 5 heteroatoms. The van der Waals surface area contributed by atoms with Crippen molar-refractivity contribution in [1.82, 2.24) is 0 Å². The van der Waals surface area contributed by atoms with Crippen molar-refractivity contribution in [1.29, 1.82) is 0 Å². The molecule has 0 aromatic heterocycles. The minimum Gasteiger partial charge on any atom is -0.469 e. The van der Waals surface area contributed by atoms with Gasteiger partial charge >= 0.3 is 5.97 Å². The van der Waals surface area contributed by atoms with Crippen molar-refractivity contribution < 1.29 is 24.5 Å². The number of hydrogen-bond donors (Lipinski definition) is 2. The third-order valence-corrected chi connectivity index (χ3v) is 4.56. The summed E-state index contributed by atoms with van der Waals surface area (Å²) < 4.78 is 10.2. The Kier molecular flexibility index (Phi) is 11.5. The van der Waals surface area contributed by atoms with Crippen LogP contribution in [0.25, 0.3) is 0 Å². The zero-order chi connectivity index (χ0) is 18.5. The Bertz CT molecular complexity index is 418. The lowest BCUT2D eigenvalue weighted by Crippen LogP contribution is -2.22. The monoisotopic (exact) mass is 354 g/mol. The molecule has 0 amide bonds. The summed E-state index contributed by atoms with van der Waals surface area (Å²) in [6.45, 7) is 2.48. The van der Waals surface area contributed by atoms with Crippen LogP contribution in [0.3, 0.4) is 0 Å². The molecule has 0 aliphatic carbocycles. The van der Waals surface area contributed by atoms with E-state index >= 15 is 0 Å². The fourth-order valence-electron chi connectivity index (χ4n) is 2.94. The number of carbonyl (C=O) groups is 1. The number of methoxy groups -OCH3 is 1. The van der Waals surface area contributed by atoms with E-state index in [0.717, 1.165) is 44.9 Å². The van der Waals surface area contributed by atoms with Crippen molar-refractivity contribution in [2.24, 2.45) is 5.92 Å². The van der Waals surface area contributed by atoms with E-state index < -0.39 is 12.2 Å². The molecule has 144 valence electrons. The summed E-state index contributed by atoms with van der Waals surface area (Å²) in [7, 11) is 1.40. The fourth-order valence-corrected chi connectivity index (χ4v) is 2.94. The molecule has 0 aromatic rings. The molecule has 2 N–H and O–H groups in total. The second-order valence-electron chi connectivity index (χ2n) is 6.65. The van der Waals surface area contributed by atoms with Gasteiger partial charge in [-0.1, -0.05) is 50.5 Å². The second-order valence-corrected chi connectivity index (χ2v) is 6.65. The Balaban J connectivity index is 2.34. The number of ether oxygens (including phenoxy) is 2. The number of rotatable bonds is 12. The average Bonchev–Trinajstić information content (AvgIpc) is 2.96. The lowest BCUT2D eigenvalue weighted by atomic mass is 9.94. The van der Waals surface area contributed by atoms with E-state index in [1.807, 2.05) is 18.2 Å². The first-order valence-electron chi connectivity index (χ1n) is 9.46. The highest BCUT2D eigenvalue weighted by atomic mass is 16.5. The zero-order valence-electron chi connectivity index (χ0n) is 15.6. The average molecular weight is 354 g/mol. The molecular weight excluding hydrogens is 320 g/mol. The second kappa shape index (κ2) is 13.1. The highest BCUT2D eigenvalue weighted by molar-refractivity contribution is 5.69. The number of unbranched alkanes of at least 4 members (excludes halogenated alkanes) is 3. The molecule has 0 saturated carbocycles. The van der Waals surface area contributed by atoms with Gasteiger partial charge in [0.15, 0.2) is 0 Å². The molecule has 5 nitrogen and oxygen atoms in total. The van der Waals surface area contributed by atoms with Crippen molar-refractivity contribution in [3.8, 4) is 0 Å². The predicted octanol–water partition coefficient (Wildman–Crippen LogP) is 3.15. The van der Waals surface area contributed by atoms with Gasteiger partial charge in [-0.15, -0.1) is 0 Å². The Labute approximate surface area is 151 Å². The van der Waals surface area contributed by atoms with Crippen LogP contribution in [-0.4, -0.2) is 48.2 Å². The fraction of sp³-hybridized carbons (Fsp3) is 0.750. The van der Waals surface area contributed by atoms with Crippen LogP contribution < -0.4 is 0 Å². The number of aliphatic hydroxyl groups is 2. The van der Waals surface area contributed by atoms with Gasteiger partial charge in [0, 0.05) is 12.3 Å². The van der Waals surface area contributed by atoms with Gasteiger partial charge in [-0.05, 0) is 25.7 Å². The Hall–Kier alpha value is -1.17. The van der Waals surface area contributed by atoms with Gasteiger partial charge in [0.25, 0.3) is 0 Å². The molecule has 4 atom stereocenters. The standard InChI is InChI=1S/C20H34O5/c1-3-4-7-10-16(21)13-14-19-17(18(22)15-25-19)11-8-5-6-9-12-20(23)24-2/h5,8,13-14,16-19,21-22H,3-4,6-7,9-12,15H2,1-2H3/b8-5-,14-13+. The van der Waals surface area contributed by atoms with Crippen LogP contribution in [0.4, 0.5) is 0 Å². The minimum absolute atomic E-state index is 0.0101. The predicted molar refractivity (Wildman–Crippen MR) is 98.1 cm³/mol. The number of carbonyl (C=O) groups excluding carboxylic acids is 1. The van der Waals surface area contributed by atoms with E-state index in [0.29, 0.717) is 13.0 Å². The van der Waals surface area contributed by atoms with Crippen LogP contribution in [0.15, 0.2) is 24.3 Å². The van der Waals surface area contributed by atoms with Gasteiger partial charge in [-0.25, -0.2) is 0 Å². The summed E-state index contributed by atoms with van der Waals surface area (Å²) in [4.78, 5) is 11.0. The Morgan fingerprint density at radius 3 is 2.84 bits per heavy atom. The molecular formula is C20H34O5. The van der Waals surface area contributed by atoms with Gasteiger partial charge in [0.1, 0.15) is 0 Å². The van der Waals surface area contributed by atoms with Crippen molar-refractivity contribution in [3.63, 3.8) is 0 Å². The summed E-state index contributed by atoms with van der Waals surface area (Å²) in [5, 5.41) is 20.1. The molecule has 1 aliphatic rings. The first-order valence-corrected chi connectivity index (χ1v) is 9.46. The summed E-state index contributed by atoms with van der Waals surface area (Å²) >= 11 is 0. The highest BCUT2D eigenvalue weighted by Gasteiger charge is 2.33. The molecule has 1 aliphatic heterocycles. The van der Waals surface area contributed by atoms with Crippen molar-refractivity contribution in [3.05, 3.63) is 24.3 Å². The van der Waals surface area contributed by atoms with Crippen LogP contribution in [0, 0.1) is 5.92 Å². The number of allylic oxidation sites excluding steroid dienone is 2. The third kappa shape index (κ3) is 9.19. The summed E-state index contributed by atoms with van der Waals surface area (Å²) in [6.07, 6.45) is 13.5. The van der Waals surface area contributed by atoms with E-state index in [1.165, 1.54) is 7.11 Å². The van der Waals surface area contributed by atoms with Gasteiger partial charge in [0.05, 0.1) is 32.0 Å². The molecule has 1 saturated heterocycles. The number of aliphatic hydroxyl groups excluding tert-OH is 2. The van der Waals surface area contributed by atoms with Crippen LogP contribution >= 0.6 is 0 Å². The maximum absolute atomic E-state index is 11.0. The SMILES string of the molecule is CCCCCC(O)/C=C/C1OCC(O)C1C/C=C\CCCC(=O)OC. The van der Waals surface area contributed by atoms with E-state index in [1.54, 1.807) is 6.08 Å². The summed E-state index contributed by atoms with van der Waals surface area (Å²) in [6, 6.07) is 0. The molecule has 1 heterocycles. The van der Waals surface area contributed by atoms with Crippen LogP contribution in [0.2, 0.25) is 0 Å². The summed E-state index contributed by atoms with van der Waals surface area (Å²) in [5.74, 6) is -0.174. The molecule has 4 unspecified atom stereocenters. The minimum atomic E-state index is -0.480. The molecule has 0 spiro atoms. The highest BCUT2D eigenvalue weighted by Crippen LogP contribution is 2.26. The van der Waals surface area contributed by atoms with Gasteiger partial charge in [-0.2, -0.15) is 0 Å². The zero-order valence-corrected chi connectivity index (χ0v) is 15.6. The lowest BCUT2D eigenvalue weighted by Gasteiger charge is -2.16. The first-order chi connectivity index (χ1) is 12.1. The largest absolute Gasteiger partial charge is 0.469 e. The lowest BCUT2D eigenvalue weighted by molar-refractivity contribution is -0.140. The van der Waals surface area contributed by atoms with E-state index in [4.69, 9.17) is 4.74 Å². The van der Waals surface area contributed by atoms with Crippen molar-refractivity contribution in [2.75, 3.05) is 13.7 Å². The number of hydrogen-bond acceptors (Lipinski definition) is 5. The topological polar surface area (TPSA) is 76.0 Å².